The van der Waals surface area contributed by atoms with Gasteiger partial charge in [0.05, 0.1) is 12.1 Å². The number of thiazole rings is 1. The number of amides is 2. The highest BCUT2D eigenvalue weighted by molar-refractivity contribution is 7.14. The van der Waals surface area contributed by atoms with Crippen molar-refractivity contribution < 1.29 is 9.59 Å². The van der Waals surface area contributed by atoms with Crippen molar-refractivity contribution in [3.63, 3.8) is 0 Å². The second-order valence-corrected chi connectivity index (χ2v) is 6.99. The molecule has 2 aromatic heterocycles. The number of rotatable bonds is 8. The van der Waals surface area contributed by atoms with E-state index in [1.54, 1.807) is 11.4 Å². The van der Waals surface area contributed by atoms with E-state index < -0.39 is 11.5 Å². The van der Waals surface area contributed by atoms with Gasteiger partial charge in [-0.1, -0.05) is 30.3 Å². The maximum Gasteiger partial charge on any atom is 0.263 e. The molecule has 0 bridgehead atoms. The Morgan fingerprint density at radius 2 is 1.93 bits per heavy atom. The standard InChI is InChI=1S/C20H20N4O3S/c25-17(21-10-4-8-14-6-2-1-3-7-14)12-15-13-28-20(23-15)24-19(27)16-9-5-11-22-18(16)26/h1-3,5-7,9,11,13H,4,8,10,12H2,(H,21,25)(H,22,26)(H,23,24,27). The van der Waals surface area contributed by atoms with Crippen molar-refractivity contribution in [2.75, 3.05) is 11.9 Å². The Kier molecular flexibility index (Phi) is 6.69. The van der Waals surface area contributed by atoms with Gasteiger partial charge >= 0.3 is 0 Å². The van der Waals surface area contributed by atoms with Crippen LogP contribution in [0.4, 0.5) is 5.13 Å². The van der Waals surface area contributed by atoms with Crippen LogP contribution in [-0.4, -0.2) is 28.3 Å². The highest BCUT2D eigenvalue weighted by atomic mass is 32.1. The van der Waals surface area contributed by atoms with E-state index in [0.29, 0.717) is 17.4 Å². The summed E-state index contributed by atoms with van der Waals surface area (Å²) >= 11 is 1.21. The van der Waals surface area contributed by atoms with Gasteiger partial charge in [0.2, 0.25) is 5.91 Å². The average molecular weight is 396 g/mol. The van der Waals surface area contributed by atoms with E-state index >= 15 is 0 Å². The highest BCUT2D eigenvalue weighted by Crippen LogP contribution is 2.16. The number of nitrogens with zero attached hydrogens (tertiary/aromatic N) is 1. The van der Waals surface area contributed by atoms with Crippen molar-refractivity contribution >= 4 is 28.3 Å². The van der Waals surface area contributed by atoms with Crippen molar-refractivity contribution in [1.82, 2.24) is 15.3 Å². The van der Waals surface area contributed by atoms with E-state index in [-0.39, 0.29) is 17.9 Å². The van der Waals surface area contributed by atoms with E-state index in [4.69, 9.17) is 0 Å². The largest absolute Gasteiger partial charge is 0.356 e. The molecule has 0 unspecified atom stereocenters. The zero-order chi connectivity index (χ0) is 19.8. The molecule has 28 heavy (non-hydrogen) atoms. The van der Waals surface area contributed by atoms with Gasteiger partial charge in [-0.15, -0.1) is 11.3 Å². The van der Waals surface area contributed by atoms with Gasteiger partial charge in [0.1, 0.15) is 5.56 Å². The predicted molar refractivity (Wildman–Crippen MR) is 109 cm³/mol. The minimum absolute atomic E-state index is 0.00964. The van der Waals surface area contributed by atoms with Gasteiger partial charge in [-0.3, -0.25) is 19.7 Å². The number of anilines is 1. The first kappa shape index (κ1) is 19.5. The molecule has 3 N–H and O–H groups in total. The van der Waals surface area contributed by atoms with Crippen LogP contribution >= 0.6 is 11.3 Å². The van der Waals surface area contributed by atoms with Crippen LogP contribution in [0, 0.1) is 0 Å². The van der Waals surface area contributed by atoms with Gasteiger partial charge in [0.25, 0.3) is 11.5 Å². The maximum atomic E-state index is 12.1. The van der Waals surface area contributed by atoms with Crippen LogP contribution in [0.15, 0.2) is 58.8 Å². The lowest BCUT2D eigenvalue weighted by molar-refractivity contribution is -0.120. The summed E-state index contributed by atoms with van der Waals surface area (Å²) in [5, 5.41) is 7.52. The Bertz CT molecular complexity index is 998. The third kappa shape index (κ3) is 5.62. The van der Waals surface area contributed by atoms with Crippen LogP contribution in [0.2, 0.25) is 0 Å². The Morgan fingerprint density at radius 1 is 1.11 bits per heavy atom. The van der Waals surface area contributed by atoms with Crippen LogP contribution < -0.4 is 16.2 Å². The number of aromatic amines is 1. The lowest BCUT2D eigenvalue weighted by atomic mass is 10.1. The van der Waals surface area contributed by atoms with Crippen LogP contribution in [0.3, 0.4) is 0 Å². The number of pyridine rings is 1. The SMILES string of the molecule is O=C(Cc1csc(NC(=O)c2ccc[nH]c2=O)n1)NCCCc1ccccc1. The number of nitrogens with one attached hydrogen (secondary N) is 3. The molecule has 2 heterocycles. The minimum Gasteiger partial charge on any atom is -0.356 e. The van der Waals surface area contributed by atoms with Gasteiger partial charge < -0.3 is 10.3 Å². The fourth-order valence-electron chi connectivity index (χ4n) is 2.60. The molecule has 3 aromatic rings. The highest BCUT2D eigenvalue weighted by Gasteiger charge is 2.13. The number of aryl methyl sites for hydroxylation is 1. The molecule has 0 saturated carbocycles. The molecule has 8 heteroatoms. The second kappa shape index (κ2) is 9.61. The molecule has 0 saturated heterocycles. The van der Waals surface area contributed by atoms with Crippen LogP contribution in [-0.2, 0) is 17.6 Å². The van der Waals surface area contributed by atoms with E-state index in [2.05, 4.69) is 32.7 Å². The van der Waals surface area contributed by atoms with Crippen molar-refractivity contribution in [2.45, 2.75) is 19.3 Å². The average Bonchev–Trinajstić information content (AvgIpc) is 3.13. The van der Waals surface area contributed by atoms with Gasteiger partial charge in [-0.25, -0.2) is 4.98 Å². The minimum atomic E-state index is -0.534. The summed E-state index contributed by atoms with van der Waals surface area (Å²) < 4.78 is 0. The number of aromatic nitrogens is 2. The normalized spacial score (nSPS) is 10.4. The van der Waals surface area contributed by atoms with Crippen LogP contribution in [0.1, 0.15) is 28.0 Å². The van der Waals surface area contributed by atoms with Crippen LogP contribution in [0.25, 0.3) is 0 Å². The molecule has 0 atom stereocenters. The predicted octanol–water partition coefficient (Wildman–Crippen LogP) is 2.38. The third-order valence-corrected chi connectivity index (χ3v) is 4.79. The summed E-state index contributed by atoms with van der Waals surface area (Å²) in [5.41, 5.74) is 1.36. The monoisotopic (exact) mass is 396 g/mol. The van der Waals surface area contributed by atoms with Crippen molar-refractivity contribution in [3.05, 3.63) is 81.2 Å². The first-order valence-electron chi connectivity index (χ1n) is 8.86. The maximum absolute atomic E-state index is 12.1. The zero-order valence-electron chi connectivity index (χ0n) is 15.1. The van der Waals surface area contributed by atoms with Gasteiger partial charge in [0.15, 0.2) is 5.13 Å². The fraction of sp³-hybridized carbons (Fsp3) is 0.200. The molecule has 2 amide bonds. The molecule has 0 fully saturated rings. The second-order valence-electron chi connectivity index (χ2n) is 6.13. The summed E-state index contributed by atoms with van der Waals surface area (Å²) in [5.74, 6) is -0.649. The topological polar surface area (TPSA) is 104 Å². The molecular formula is C20H20N4O3S. The van der Waals surface area contributed by atoms with E-state index in [0.717, 1.165) is 12.8 Å². The molecule has 1 aromatic carbocycles. The molecule has 0 aliphatic carbocycles. The van der Waals surface area contributed by atoms with E-state index in [9.17, 15) is 14.4 Å². The smallest absolute Gasteiger partial charge is 0.263 e. The van der Waals surface area contributed by atoms with Gasteiger partial charge in [-0.05, 0) is 30.5 Å². The van der Waals surface area contributed by atoms with E-state index in [1.165, 1.54) is 29.2 Å². The quantitative estimate of drug-likeness (QED) is 0.509. The van der Waals surface area contributed by atoms with Crippen molar-refractivity contribution in [1.29, 1.82) is 0 Å². The Balaban J connectivity index is 1.43. The number of carbonyl (C=O) groups excluding carboxylic acids is 2. The number of H-pyrrole nitrogens is 1. The Hall–Kier alpha value is -3.26. The molecular weight excluding hydrogens is 376 g/mol. The molecule has 0 spiro atoms. The number of benzene rings is 1. The molecule has 0 aliphatic rings. The first-order chi connectivity index (χ1) is 13.6. The molecule has 7 nitrogen and oxygen atoms in total. The number of carbonyl (C=O) groups is 2. The summed E-state index contributed by atoms with van der Waals surface area (Å²) in [4.78, 5) is 42.5. The molecule has 144 valence electrons. The van der Waals surface area contributed by atoms with Gasteiger partial charge in [0, 0.05) is 18.1 Å². The van der Waals surface area contributed by atoms with E-state index in [1.807, 2.05) is 18.2 Å². The Morgan fingerprint density at radius 3 is 2.71 bits per heavy atom. The fourth-order valence-corrected chi connectivity index (χ4v) is 3.31. The summed E-state index contributed by atoms with van der Waals surface area (Å²) in [6.45, 7) is 0.595. The first-order valence-corrected chi connectivity index (χ1v) is 9.74. The summed E-state index contributed by atoms with van der Waals surface area (Å²) in [7, 11) is 0. The Labute approximate surface area is 165 Å². The number of hydrogen-bond acceptors (Lipinski definition) is 5. The molecule has 0 radical (unpaired) electrons. The third-order valence-electron chi connectivity index (χ3n) is 3.98. The molecule has 0 aliphatic heterocycles. The zero-order valence-corrected chi connectivity index (χ0v) is 15.9. The lowest BCUT2D eigenvalue weighted by Crippen LogP contribution is -2.26. The van der Waals surface area contributed by atoms with Crippen molar-refractivity contribution in [2.24, 2.45) is 0 Å². The summed E-state index contributed by atoms with van der Waals surface area (Å²) in [6, 6.07) is 13.1. The molecule has 3 rings (SSSR count). The van der Waals surface area contributed by atoms with Crippen LogP contribution in [0.5, 0.6) is 0 Å². The van der Waals surface area contributed by atoms with Crippen molar-refractivity contribution in [3.8, 4) is 0 Å². The summed E-state index contributed by atoms with van der Waals surface area (Å²) in [6.07, 6.45) is 3.37. The lowest BCUT2D eigenvalue weighted by Gasteiger charge is -2.04. The van der Waals surface area contributed by atoms with Gasteiger partial charge in [-0.2, -0.15) is 0 Å². The number of hydrogen-bond donors (Lipinski definition) is 3.